The van der Waals surface area contributed by atoms with E-state index >= 15 is 0 Å². The van der Waals surface area contributed by atoms with Crippen LogP contribution >= 0.6 is 0 Å². The van der Waals surface area contributed by atoms with Gasteiger partial charge in [0.2, 0.25) is 0 Å². The van der Waals surface area contributed by atoms with Crippen LogP contribution in [0.4, 0.5) is 13.2 Å². The second-order valence-corrected chi connectivity index (χ2v) is 5.46. The minimum atomic E-state index is -4.26. The van der Waals surface area contributed by atoms with E-state index in [1.165, 1.54) is 25.0 Å². The molecule has 2 atom stereocenters. The lowest BCUT2D eigenvalue weighted by Crippen LogP contribution is -2.41. The van der Waals surface area contributed by atoms with E-state index in [1.807, 2.05) is 0 Å². The molecule has 1 aromatic carbocycles. The molecular weight excluding hydrogens is 265 g/mol. The Bertz CT molecular complexity index is 414. The number of benzene rings is 1. The molecule has 1 aromatic rings. The Labute approximate surface area is 117 Å². The van der Waals surface area contributed by atoms with Gasteiger partial charge in [0.1, 0.15) is 0 Å². The van der Waals surface area contributed by atoms with Crippen molar-refractivity contribution in [2.24, 2.45) is 11.7 Å². The van der Waals surface area contributed by atoms with Crippen molar-refractivity contribution in [2.75, 3.05) is 6.54 Å². The van der Waals surface area contributed by atoms with Crippen LogP contribution in [0.5, 0.6) is 0 Å². The molecule has 0 radical (unpaired) electrons. The summed E-state index contributed by atoms with van der Waals surface area (Å²) in [6.07, 6.45) is 0.394. The smallest absolute Gasteiger partial charge is 0.330 e. The molecule has 0 saturated heterocycles. The van der Waals surface area contributed by atoms with Crippen molar-refractivity contribution in [2.45, 2.75) is 44.4 Å². The molecule has 112 valence electrons. The maximum Gasteiger partial charge on any atom is 0.416 e. The van der Waals surface area contributed by atoms with E-state index in [1.54, 1.807) is 0 Å². The van der Waals surface area contributed by atoms with Gasteiger partial charge in [-0.25, -0.2) is 0 Å². The van der Waals surface area contributed by atoms with Gasteiger partial charge in [-0.1, -0.05) is 25.0 Å². The van der Waals surface area contributed by atoms with Crippen LogP contribution in [0, 0.1) is 5.92 Å². The van der Waals surface area contributed by atoms with Crippen molar-refractivity contribution in [1.82, 2.24) is 5.32 Å². The first-order valence-corrected chi connectivity index (χ1v) is 7.10. The van der Waals surface area contributed by atoms with E-state index in [-0.39, 0.29) is 0 Å². The SMILES string of the molecule is NCC1CCCCC1NCc1ccc(C(F)(F)F)cc1. The summed E-state index contributed by atoms with van der Waals surface area (Å²) in [6, 6.07) is 5.74. The number of halogens is 3. The number of hydrogen-bond donors (Lipinski definition) is 2. The summed E-state index contributed by atoms with van der Waals surface area (Å²) >= 11 is 0. The predicted molar refractivity (Wildman–Crippen MR) is 73.1 cm³/mol. The Morgan fingerprint density at radius 1 is 1.10 bits per heavy atom. The van der Waals surface area contributed by atoms with E-state index in [2.05, 4.69) is 5.32 Å². The number of rotatable bonds is 4. The standard InChI is InChI=1S/C15H21F3N2/c16-15(17,18)13-7-5-11(6-8-13)10-20-14-4-2-1-3-12(14)9-19/h5-8,12,14,20H,1-4,9-10,19H2. The monoisotopic (exact) mass is 286 g/mol. The Balaban J connectivity index is 1.90. The van der Waals surface area contributed by atoms with Crippen molar-refractivity contribution < 1.29 is 13.2 Å². The van der Waals surface area contributed by atoms with Gasteiger partial charge in [0.25, 0.3) is 0 Å². The van der Waals surface area contributed by atoms with Gasteiger partial charge in [-0.2, -0.15) is 13.2 Å². The van der Waals surface area contributed by atoms with Crippen LogP contribution in [0.1, 0.15) is 36.8 Å². The highest BCUT2D eigenvalue weighted by Crippen LogP contribution is 2.29. The van der Waals surface area contributed by atoms with Crippen molar-refractivity contribution in [3.05, 3.63) is 35.4 Å². The summed E-state index contributed by atoms with van der Waals surface area (Å²) in [4.78, 5) is 0. The zero-order valence-corrected chi connectivity index (χ0v) is 11.4. The van der Waals surface area contributed by atoms with Gasteiger partial charge in [0, 0.05) is 12.6 Å². The molecule has 0 aliphatic heterocycles. The molecule has 0 aromatic heterocycles. The molecule has 0 spiro atoms. The lowest BCUT2D eigenvalue weighted by atomic mass is 9.84. The summed E-state index contributed by atoms with van der Waals surface area (Å²) < 4.78 is 37.4. The molecule has 1 saturated carbocycles. The average molecular weight is 286 g/mol. The quantitative estimate of drug-likeness (QED) is 0.891. The summed E-state index contributed by atoms with van der Waals surface area (Å²) in [7, 11) is 0. The Morgan fingerprint density at radius 3 is 2.35 bits per heavy atom. The molecule has 3 N–H and O–H groups in total. The van der Waals surface area contributed by atoms with Crippen LogP contribution in [0.15, 0.2) is 24.3 Å². The zero-order chi connectivity index (χ0) is 14.6. The van der Waals surface area contributed by atoms with E-state index < -0.39 is 11.7 Å². The summed E-state index contributed by atoms with van der Waals surface area (Å²) in [5.41, 5.74) is 6.04. The zero-order valence-electron chi connectivity index (χ0n) is 11.4. The highest BCUT2D eigenvalue weighted by molar-refractivity contribution is 5.24. The Morgan fingerprint density at radius 2 is 1.75 bits per heavy atom. The maximum atomic E-state index is 12.5. The summed E-state index contributed by atoms with van der Waals surface area (Å²) in [5.74, 6) is 0.484. The van der Waals surface area contributed by atoms with E-state index in [0.29, 0.717) is 25.0 Å². The number of nitrogens with two attached hydrogens (primary N) is 1. The van der Waals surface area contributed by atoms with Crippen LogP contribution in [-0.4, -0.2) is 12.6 Å². The van der Waals surface area contributed by atoms with Crippen molar-refractivity contribution >= 4 is 0 Å². The summed E-state index contributed by atoms with van der Waals surface area (Å²) in [5, 5.41) is 3.44. The first kappa shape index (κ1) is 15.3. The number of alkyl halides is 3. The predicted octanol–water partition coefficient (Wildman–Crippen LogP) is 3.31. The Kier molecular flexibility index (Phi) is 5.05. The van der Waals surface area contributed by atoms with E-state index in [9.17, 15) is 13.2 Å². The minimum Gasteiger partial charge on any atom is -0.330 e. The van der Waals surface area contributed by atoms with Gasteiger partial charge >= 0.3 is 6.18 Å². The highest BCUT2D eigenvalue weighted by Gasteiger charge is 2.30. The lowest BCUT2D eigenvalue weighted by molar-refractivity contribution is -0.137. The van der Waals surface area contributed by atoms with Crippen molar-refractivity contribution in [3.8, 4) is 0 Å². The Hall–Kier alpha value is -1.07. The van der Waals surface area contributed by atoms with Crippen LogP contribution in [0.25, 0.3) is 0 Å². The third kappa shape index (κ3) is 3.96. The van der Waals surface area contributed by atoms with E-state index in [4.69, 9.17) is 5.73 Å². The number of nitrogens with one attached hydrogen (secondary N) is 1. The highest BCUT2D eigenvalue weighted by atomic mass is 19.4. The topological polar surface area (TPSA) is 38.0 Å². The molecule has 2 nitrogen and oxygen atoms in total. The molecule has 1 fully saturated rings. The van der Waals surface area contributed by atoms with Gasteiger partial charge in [-0.15, -0.1) is 0 Å². The number of hydrogen-bond acceptors (Lipinski definition) is 2. The fourth-order valence-electron chi connectivity index (χ4n) is 2.82. The van der Waals surface area contributed by atoms with Gasteiger partial charge < -0.3 is 11.1 Å². The molecule has 2 rings (SSSR count). The molecular formula is C15H21F3N2. The normalized spacial score (nSPS) is 23.8. The summed E-state index contributed by atoms with van der Waals surface area (Å²) in [6.45, 7) is 1.27. The fraction of sp³-hybridized carbons (Fsp3) is 0.600. The first-order chi connectivity index (χ1) is 9.50. The van der Waals surface area contributed by atoms with Gasteiger partial charge in [0.15, 0.2) is 0 Å². The molecule has 0 bridgehead atoms. The molecule has 20 heavy (non-hydrogen) atoms. The van der Waals surface area contributed by atoms with Crippen molar-refractivity contribution in [1.29, 1.82) is 0 Å². The molecule has 1 aliphatic rings. The average Bonchev–Trinajstić information content (AvgIpc) is 2.45. The molecule has 5 heteroatoms. The first-order valence-electron chi connectivity index (χ1n) is 7.10. The second-order valence-electron chi connectivity index (χ2n) is 5.46. The molecule has 1 aliphatic carbocycles. The van der Waals surface area contributed by atoms with Gasteiger partial charge in [-0.05, 0) is 43.0 Å². The van der Waals surface area contributed by atoms with Crippen LogP contribution < -0.4 is 11.1 Å². The molecule has 0 amide bonds. The van der Waals surface area contributed by atoms with Gasteiger partial charge in [0.05, 0.1) is 5.56 Å². The maximum absolute atomic E-state index is 12.5. The minimum absolute atomic E-state index is 0.385. The molecule has 2 unspecified atom stereocenters. The lowest BCUT2D eigenvalue weighted by Gasteiger charge is -2.31. The molecule has 0 heterocycles. The van der Waals surface area contributed by atoms with Crippen LogP contribution in [0.2, 0.25) is 0 Å². The van der Waals surface area contributed by atoms with Gasteiger partial charge in [-0.3, -0.25) is 0 Å². The van der Waals surface area contributed by atoms with Crippen LogP contribution in [-0.2, 0) is 12.7 Å². The fourth-order valence-corrected chi connectivity index (χ4v) is 2.82. The largest absolute Gasteiger partial charge is 0.416 e. The van der Waals surface area contributed by atoms with Crippen LogP contribution in [0.3, 0.4) is 0 Å². The third-order valence-electron chi connectivity index (χ3n) is 4.06. The van der Waals surface area contributed by atoms with Crippen molar-refractivity contribution in [3.63, 3.8) is 0 Å². The van der Waals surface area contributed by atoms with E-state index in [0.717, 1.165) is 30.5 Å². The third-order valence-corrected chi connectivity index (χ3v) is 4.06. The second kappa shape index (κ2) is 6.59.